The van der Waals surface area contributed by atoms with E-state index in [1.54, 1.807) is 6.07 Å². The number of methoxy groups -OCH3 is 1. The van der Waals surface area contributed by atoms with Gasteiger partial charge in [0, 0.05) is 18.0 Å². The van der Waals surface area contributed by atoms with Gasteiger partial charge in [-0.2, -0.15) is 0 Å². The summed E-state index contributed by atoms with van der Waals surface area (Å²) in [5, 5.41) is 14.0. The Bertz CT molecular complexity index is 700. The Kier molecular flexibility index (Phi) is 4.13. The van der Waals surface area contributed by atoms with Gasteiger partial charge in [0.05, 0.1) is 17.6 Å². The lowest BCUT2D eigenvalue weighted by atomic mass is 10.2. The second kappa shape index (κ2) is 6.00. The zero-order chi connectivity index (χ0) is 15.4. The highest BCUT2D eigenvalue weighted by atomic mass is 16.6. The maximum atomic E-state index is 11.4. The van der Waals surface area contributed by atoms with E-state index in [9.17, 15) is 14.9 Å². The molecule has 0 aliphatic heterocycles. The topological polar surface area (TPSA) is 94.4 Å². The van der Waals surface area contributed by atoms with Crippen LogP contribution in [0.4, 0.5) is 17.2 Å². The summed E-state index contributed by atoms with van der Waals surface area (Å²) < 4.78 is 4.52. The predicted octanol–water partition coefficient (Wildman–Crippen LogP) is 2.83. The van der Waals surface area contributed by atoms with Gasteiger partial charge in [-0.15, -0.1) is 0 Å². The minimum absolute atomic E-state index is 0.0268. The molecule has 7 heteroatoms. The first kappa shape index (κ1) is 14.4. The van der Waals surface area contributed by atoms with Crippen LogP contribution in [0.15, 0.2) is 36.5 Å². The molecule has 0 aliphatic rings. The molecule has 2 aromatic rings. The molecular formula is C14H13N3O4. The van der Waals surface area contributed by atoms with E-state index in [0.29, 0.717) is 5.69 Å². The molecule has 1 heterocycles. The third-order valence-corrected chi connectivity index (χ3v) is 2.77. The molecule has 2 rings (SSSR count). The van der Waals surface area contributed by atoms with Crippen molar-refractivity contribution in [1.29, 1.82) is 0 Å². The molecule has 1 aromatic carbocycles. The van der Waals surface area contributed by atoms with E-state index in [2.05, 4.69) is 15.0 Å². The van der Waals surface area contributed by atoms with Crippen LogP contribution >= 0.6 is 0 Å². The molecular weight excluding hydrogens is 274 g/mol. The van der Waals surface area contributed by atoms with Crippen LogP contribution in [0.1, 0.15) is 15.9 Å². The molecule has 0 saturated carbocycles. The summed E-state index contributed by atoms with van der Waals surface area (Å²) >= 11 is 0. The van der Waals surface area contributed by atoms with Crippen molar-refractivity contribution in [3.63, 3.8) is 0 Å². The summed E-state index contributed by atoms with van der Waals surface area (Å²) in [6.45, 7) is 1.91. The molecule has 0 amide bonds. The molecule has 0 saturated heterocycles. The van der Waals surface area contributed by atoms with E-state index in [-0.39, 0.29) is 17.1 Å². The van der Waals surface area contributed by atoms with E-state index in [1.807, 2.05) is 25.1 Å². The molecule has 0 bridgehead atoms. The summed E-state index contributed by atoms with van der Waals surface area (Å²) in [4.78, 5) is 25.9. The van der Waals surface area contributed by atoms with Crippen LogP contribution in [-0.4, -0.2) is 23.0 Å². The summed E-state index contributed by atoms with van der Waals surface area (Å²) in [7, 11) is 1.20. The number of hydrogen-bond donors (Lipinski definition) is 1. The van der Waals surface area contributed by atoms with Crippen LogP contribution in [0, 0.1) is 17.0 Å². The van der Waals surface area contributed by atoms with Crippen LogP contribution in [0.25, 0.3) is 0 Å². The van der Waals surface area contributed by atoms with Gasteiger partial charge in [-0.05, 0) is 24.6 Å². The van der Waals surface area contributed by atoms with E-state index in [1.165, 1.54) is 13.3 Å². The van der Waals surface area contributed by atoms with Crippen molar-refractivity contribution < 1.29 is 14.5 Å². The number of nitro groups is 1. The average molecular weight is 287 g/mol. The number of rotatable bonds is 4. The van der Waals surface area contributed by atoms with Crippen molar-refractivity contribution in [2.45, 2.75) is 6.92 Å². The van der Waals surface area contributed by atoms with Gasteiger partial charge in [-0.25, -0.2) is 9.78 Å². The van der Waals surface area contributed by atoms with Crippen molar-refractivity contribution in [3.8, 4) is 0 Å². The van der Waals surface area contributed by atoms with Gasteiger partial charge in [0.15, 0.2) is 0 Å². The lowest BCUT2D eigenvalue weighted by Crippen LogP contribution is -2.06. The molecule has 21 heavy (non-hydrogen) atoms. The molecule has 0 aliphatic carbocycles. The summed E-state index contributed by atoms with van der Waals surface area (Å²) in [6, 6.07) is 8.48. The molecule has 7 nitrogen and oxygen atoms in total. The molecule has 108 valence electrons. The number of pyridine rings is 1. The number of nitrogens with one attached hydrogen (secondary N) is 1. The Labute approximate surface area is 120 Å². The van der Waals surface area contributed by atoms with Gasteiger partial charge in [0.25, 0.3) is 0 Å². The maximum absolute atomic E-state index is 11.4. The van der Waals surface area contributed by atoms with Gasteiger partial charge < -0.3 is 10.1 Å². The monoisotopic (exact) mass is 287 g/mol. The van der Waals surface area contributed by atoms with Crippen LogP contribution in [0.3, 0.4) is 0 Å². The number of anilines is 2. The lowest BCUT2D eigenvalue weighted by molar-refractivity contribution is -0.384. The van der Waals surface area contributed by atoms with Gasteiger partial charge in [-0.3, -0.25) is 10.1 Å². The van der Waals surface area contributed by atoms with E-state index < -0.39 is 10.9 Å². The van der Waals surface area contributed by atoms with Crippen molar-refractivity contribution >= 4 is 23.2 Å². The molecule has 0 fully saturated rings. The summed E-state index contributed by atoms with van der Waals surface area (Å²) in [5.41, 5.74) is 1.42. The van der Waals surface area contributed by atoms with Gasteiger partial charge in [-0.1, -0.05) is 12.1 Å². The number of esters is 1. The van der Waals surface area contributed by atoms with Gasteiger partial charge >= 0.3 is 11.7 Å². The normalized spacial score (nSPS) is 10.0. The molecule has 1 aromatic heterocycles. The first-order valence-corrected chi connectivity index (χ1v) is 6.07. The Morgan fingerprint density at radius 3 is 2.76 bits per heavy atom. The first-order chi connectivity index (χ1) is 10.0. The van der Waals surface area contributed by atoms with Crippen molar-refractivity contribution in [2.24, 2.45) is 0 Å². The van der Waals surface area contributed by atoms with Crippen LogP contribution in [0.5, 0.6) is 0 Å². The molecule has 0 radical (unpaired) electrons. The Morgan fingerprint density at radius 2 is 2.14 bits per heavy atom. The Balaban J connectivity index is 2.39. The van der Waals surface area contributed by atoms with Crippen molar-refractivity contribution in [2.75, 3.05) is 12.4 Å². The lowest BCUT2D eigenvalue weighted by Gasteiger charge is -2.07. The highest BCUT2D eigenvalue weighted by Gasteiger charge is 2.19. The summed E-state index contributed by atoms with van der Waals surface area (Å²) in [6.07, 6.45) is 1.23. The fourth-order valence-corrected chi connectivity index (χ4v) is 1.78. The molecule has 0 unspecified atom stereocenters. The van der Waals surface area contributed by atoms with Gasteiger partial charge in [0.2, 0.25) is 5.82 Å². The number of benzene rings is 1. The quantitative estimate of drug-likeness (QED) is 0.528. The number of aryl methyl sites for hydroxylation is 1. The minimum atomic E-state index is -0.673. The van der Waals surface area contributed by atoms with Crippen molar-refractivity contribution in [1.82, 2.24) is 4.98 Å². The maximum Gasteiger partial charge on any atom is 0.339 e. The third kappa shape index (κ3) is 3.33. The second-order valence-corrected chi connectivity index (χ2v) is 4.33. The minimum Gasteiger partial charge on any atom is -0.465 e. The number of hydrogen-bond acceptors (Lipinski definition) is 6. The number of ether oxygens (including phenoxy) is 1. The van der Waals surface area contributed by atoms with Crippen LogP contribution in [0.2, 0.25) is 0 Å². The highest BCUT2D eigenvalue weighted by molar-refractivity contribution is 5.90. The molecule has 1 N–H and O–H groups in total. The standard InChI is InChI=1S/C14H13N3O4/c1-9-4-3-5-11(6-9)16-13-12(17(19)20)7-10(8-15-13)14(18)21-2/h3-8H,1-2H3,(H,15,16). The third-order valence-electron chi connectivity index (χ3n) is 2.77. The smallest absolute Gasteiger partial charge is 0.339 e. The zero-order valence-electron chi connectivity index (χ0n) is 11.5. The predicted molar refractivity (Wildman–Crippen MR) is 76.7 cm³/mol. The highest BCUT2D eigenvalue weighted by Crippen LogP contribution is 2.26. The van der Waals surface area contributed by atoms with E-state index >= 15 is 0 Å². The number of aromatic nitrogens is 1. The van der Waals surface area contributed by atoms with Crippen LogP contribution in [-0.2, 0) is 4.74 Å². The zero-order valence-corrected chi connectivity index (χ0v) is 11.5. The van der Waals surface area contributed by atoms with E-state index in [4.69, 9.17) is 0 Å². The number of carbonyl (C=O) groups excluding carboxylic acids is 1. The number of carbonyl (C=O) groups is 1. The Morgan fingerprint density at radius 1 is 1.38 bits per heavy atom. The van der Waals surface area contributed by atoms with E-state index in [0.717, 1.165) is 11.6 Å². The van der Waals surface area contributed by atoms with Gasteiger partial charge in [0.1, 0.15) is 0 Å². The fraction of sp³-hybridized carbons (Fsp3) is 0.143. The van der Waals surface area contributed by atoms with Crippen molar-refractivity contribution in [3.05, 3.63) is 57.8 Å². The molecule has 0 atom stereocenters. The number of nitrogens with zero attached hydrogens (tertiary/aromatic N) is 2. The second-order valence-electron chi connectivity index (χ2n) is 4.33. The molecule has 0 spiro atoms. The Hall–Kier alpha value is -2.96. The average Bonchev–Trinajstić information content (AvgIpc) is 2.46. The SMILES string of the molecule is COC(=O)c1cnc(Nc2cccc(C)c2)c([N+](=O)[O-])c1. The van der Waals surface area contributed by atoms with Crippen LogP contribution < -0.4 is 5.32 Å². The fourth-order valence-electron chi connectivity index (χ4n) is 1.78. The summed E-state index contributed by atoms with van der Waals surface area (Å²) in [5.74, 6) is -0.606. The first-order valence-electron chi connectivity index (χ1n) is 6.07. The largest absolute Gasteiger partial charge is 0.465 e.